The summed E-state index contributed by atoms with van der Waals surface area (Å²) in [5.41, 5.74) is 2.20. The zero-order chi connectivity index (χ0) is 15.7. The monoisotopic (exact) mass is 346 g/mol. The van der Waals surface area contributed by atoms with Gasteiger partial charge in [0.2, 0.25) is 5.91 Å². The van der Waals surface area contributed by atoms with Gasteiger partial charge in [-0.25, -0.2) is 4.98 Å². The number of halogens is 3. The molecule has 0 atom stereocenters. The van der Waals surface area contributed by atoms with Gasteiger partial charge in [0.25, 0.3) is 0 Å². The fourth-order valence-corrected chi connectivity index (χ4v) is 3.88. The molecule has 1 aliphatic rings. The molecule has 1 aromatic heterocycles. The van der Waals surface area contributed by atoms with Crippen LogP contribution in [0.4, 0.5) is 18.2 Å². The first kappa shape index (κ1) is 15.2. The van der Waals surface area contributed by atoms with Crippen LogP contribution in [0.5, 0.6) is 5.75 Å². The van der Waals surface area contributed by atoms with Crippen LogP contribution in [0.3, 0.4) is 0 Å². The Morgan fingerprint density at radius 2 is 2.18 bits per heavy atom. The zero-order valence-electron chi connectivity index (χ0n) is 11.0. The fraction of sp³-hybridized carbons (Fsp3) is 0.231. The van der Waals surface area contributed by atoms with Crippen molar-refractivity contribution in [1.29, 1.82) is 0 Å². The highest BCUT2D eigenvalue weighted by Gasteiger charge is 2.31. The molecule has 4 nitrogen and oxygen atoms in total. The van der Waals surface area contributed by atoms with Gasteiger partial charge in [-0.05, 0) is 17.7 Å². The molecule has 0 radical (unpaired) electrons. The summed E-state index contributed by atoms with van der Waals surface area (Å²) < 4.78 is 40.7. The predicted molar refractivity (Wildman–Crippen MR) is 77.2 cm³/mol. The number of amides is 1. The number of hydrogen-bond donors (Lipinski definition) is 0. The minimum Gasteiger partial charge on any atom is -0.406 e. The Kier molecular flexibility index (Phi) is 4.00. The second-order valence-electron chi connectivity index (χ2n) is 4.43. The standard InChI is InChI=1S/C13H9F3N2O2S2/c14-13(15,16)20-9-3-1-2-8(4-9)5-18-10(19)6-21-11-12(18)22-7-17-11/h1-4,7H,5-6H2. The third-order valence-corrected chi connectivity index (χ3v) is 4.81. The maximum Gasteiger partial charge on any atom is 0.573 e. The van der Waals surface area contributed by atoms with E-state index in [4.69, 9.17) is 0 Å². The van der Waals surface area contributed by atoms with Gasteiger partial charge in [0.05, 0.1) is 17.8 Å². The molecule has 0 unspecified atom stereocenters. The van der Waals surface area contributed by atoms with Gasteiger partial charge in [-0.1, -0.05) is 23.9 Å². The van der Waals surface area contributed by atoms with Crippen LogP contribution in [0.15, 0.2) is 34.8 Å². The van der Waals surface area contributed by atoms with Crippen molar-refractivity contribution in [3.8, 4) is 5.75 Å². The topological polar surface area (TPSA) is 42.4 Å². The molecule has 3 rings (SSSR count). The summed E-state index contributed by atoms with van der Waals surface area (Å²) in [5, 5.41) is 1.50. The third-order valence-electron chi connectivity index (χ3n) is 2.87. The van der Waals surface area contributed by atoms with Crippen LogP contribution in [-0.4, -0.2) is 23.0 Å². The number of carbonyl (C=O) groups is 1. The summed E-state index contributed by atoms with van der Waals surface area (Å²) in [6.45, 7) is 0.184. The number of rotatable bonds is 3. The van der Waals surface area contributed by atoms with Crippen LogP contribution in [0, 0.1) is 0 Å². The molecule has 22 heavy (non-hydrogen) atoms. The van der Waals surface area contributed by atoms with Gasteiger partial charge in [-0.3, -0.25) is 9.69 Å². The van der Waals surface area contributed by atoms with Crippen LogP contribution >= 0.6 is 23.1 Å². The maximum atomic E-state index is 12.3. The van der Waals surface area contributed by atoms with Crippen LogP contribution in [0.2, 0.25) is 0 Å². The number of aromatic nitrogens is 1. The Bertz CT molecular complexity index is 703. The number of ether oxygens (including phenoxy) is 1. The van der Waals surface area contributed by atoms with Gasteiger partial charge in [0.15, 0.2) is 0 Å². The molecule has 116 valence electrons. The van der Waals surface area contributed by atoms with E-state index < -0.39 is 6.36 Å². The number of thioether (sulfide) groups is 1. The Balaban J connectivity index is 1.82. The predicted octanol–water partition coefficient (Wildman–Crippen LogP) is 3.68. The summed E-state index contributed by atoms with van der Waals surface area (Å²) >= 11 is 2.70. The van der Waals surface area contributed by atoms with E-state index >= 15 is 0 Å². The van der Waals surface area contributed by atoms with Gasteiger partial charge >= 0.3 is 6.36 Å². The number of carbonyl (C=O) groups excluding carboxylic acids is 1. The molecule has 0 aliphatic carbocycles. The van der Waals surface area contributed by atoms with Crippen LogP contribution in [0.1, 0.15) is 5.56 Å². The Labute approximate surface area is 131 Å². The minimum absolute atomic E-state index is 0.0936. The Morgan fingerprint density at radius 3 is 2.95 bits per heavy atom. The molecule has 1 aromatic carbocycles. The van der Waals surface area contributed by atoms with Crippen molar-refractivity contribution >= 4 is 34.0 Å². The molecule has 0 fully saturated rings. The summed E-state index contributed by atoms with van der Waals surface area (Å²) in [7, 11) is 0. The van der Waals surface area contributed by atoms with E-state index in [9.17, 15) is 18.0 Å². The van der Waals surface area contributed by atoms with Gasteiger partial charge < -0.3 is 4.74 Å². The van der Waals surface area contributed by atoms with Crippen molar-refractivity contribution in [3.63, 3.8) is 0 Å². The zero-order valence-corrected chi connectivity index (χ0v) is 12.6. The smallest absolute Gasteiger partial charge is 0.406 e. The quantitative estimate of drug-likeness (QED) is 0.850. The summed E-state index contributed by atoms with van der Waals surface area (Å²) in [6.07, 6.45) is -4.74. The van der Waals surface area contributed by atoms with E-state index in [2.05, 4.69) is 9.72 Å². The second-order valence-corrected chi connectivity index (χ2v) is 6.22. The number of thiazole rings is 1. The number of anilines is 1. The van der Waals surface area contributed by atoms with Crippen molar-refractivity contribution in [3.05, 3.63) is 35.3 Å². The Hall–Kier alpha value is -1.74. The van der Waals surface area contributed by atoms with Gasteiger partial charge in [-0.2, -0.15) is 0 Å². The molecule has 0 saturated carbocycles. The molecule has 1 amide bonds. The average Bonchev–Trinajstić information content (AvgIpc) is 2.89. The van der Waals surface area contributed by atoms with Crippen molar-refractivity contribution in [1.82, 2.24) is 4.98 Å². The highest BCUT2D eigenvalue weighted by Crippen LogP contribution is 2.38. The number of nitrogens with zero attached hydrogens (tertiary/aromatic N) is 2. The van der Waals surface area contributed by atoms with Crippen LogP contribution < -0.4 is 9.64 Å². The highest BCUT2D eigenvalue weighted by atomic mass is 32.2. The first-order valence-electron chi connectivity index (χ1n) is 6.14. The van der Waals surface area contributed by atoms with Crippen molar-refractivity contribution in [2.75, 3.05) is 10.7 Å². The van der Waals surface area contributed by atoms with E-state index in [1.54, 1.807) is 11.6 Å². The lowest BCUT2D eigenvalue weighted by Crippen LogP contribution is -2.34. The van der Waals surface area contributed by atoms with Gasteiger partial charge in [0, 0.05) is 0 Å². The molecule has 0 spiro atoms. The van der Waals surface area contributed by atoms with Crippen molar-refractivity contribution < 1.29 is 22.7 Å². The molecule has 2 heterocycles. The van der Waals surface area contributed by atoms with E-state index in [-0.39, 0.29) is 24.0 Å². The maximum absolute atomic E-state index is 12.3. The first-order chi connectivity index (χ1) is 10.4. The normalized spacial score (nSPS) is 14.9. The van der Waals surface area contributed by atoms with E-state index in [1.807, 2.05) is 0 Å². The van der Waals surface area contributed by atoms with Crippen LogP contribution in [0.25, 0.3) is 0 Å². The second kappa shape index (κ2) is 5.81. The largest absolute Gasteiger partial charge is 0.573 e. The summed E-state index contributed by atoms with van der Waals surface area (Å²) in [4.78, 5) is 17.7. The molecular formula is C13H9F3N2O2S2. The van der Waals surface area contributed by atoms with Crippen LogP contribution in [-0.2, 0) is 11.3 Å². The van der Waals surface area contributed by atoms with E-state index in [0.29, 0.717) is 5.56 Å². The first-order valence-corrected chi connectivity index (χ1v) is 8.00. The number of fused-ring (bicyclic) bond motifs is 1. The summed E-state index contributed by atoms with van der Waals surface area (Å²) in [6, 6.07) is 5.62. The van der Waals surface area contributed by atoms with Crippen molar-refractivity contribution in [2.45, 2.75) is 17.9 Å². The molecule has 0 bridgehead atoms. The lowest BCUT2D eigenvalue weighted by Gasteiger charge is -2.25. The SMILES string of the molecule is O=C1CSc2ncsc2N1Cc1cccc(OC(F)(F)F)c1. The van der Waals surface area contributed by atoms with E-state index in [0.717, 1.165) is 10.0 Å². The van der Waals surface area contributed by atoms with Gasteiger partial charge in [0.1, 0.15) is 15.8 Å². The lowest BCUT2D eigenvalue weighted by molar-refractivity contribution is -0.274. The minimum atomic E-state index is -4.74. The molecule has 1 aliphatic heterocycles. The number of hydrogen-bond acceptors (Lipinski definition) is 5. The molecule has 9 heteroatoms. The summed E-state index contributed by atoms with van der Waals surface area (Å²) in [5.74, 6) is -0.118. The van der Waals surface area contributed by atoms with Gasteiger partial charge in [-0.15, -0.1) is 24.5 Å². The third kappa shape index (κ3) is 3.36. The van der Waals surface area contributed by atoms with Crippen molar-refractivity contribution in [2.24, 2.45) is 0 Å². The number of alkyl halides is 3. The number of benzene rings is 1. The molecular weight excluding hydrogens is 337 g/mol. The molecule has 0 N–H and O–H groups in total. The average molecular weight is 346 g/mol. The lowest BCUT2D eigenvalue weighted by atomic mass is 10.2. The Morgan fingerprint density at radius 1 is 1.36 bits per heavy atom. The highest BCUT2D eigenvalue weighted by molar-refractivity contribution is 8.00. The fourth-order valence-electron chi connectivity index (χ4n) is 2.01. The van der Waals surface area contributed by atoms with E-state index in [1.165, 1.54) is 46.2 Å². The molecule has 0 saturated heterocycles. The molecule has 2 aromatic rings.